The van der Waals surface area contributed by atoms with Gasteiger partial charge in [-0.2, -0.15) is 0 Å². The van der Waals surface area contributed by atoms with Crippen LogP contribution in [0.3, 0.4) is 0 Å². The number of thiophene rings is 1. The molecular weight excluding hydrogens is 314 g/mol. The van der Waals surface area contributed by atoms with Crippen LogP contribution < -0.4 is 16.6 Å². The van der Waals surface area contributed by atoms with Crippen molar-refractivity contribution in [2.45, 2.75) is 26.8 Å². The Kier molecular flexibility index (Phi) is 4.24. The number of aryl methyl sites for hydroxylation is 3. The second kappa shape index (κ2) is 6.33. The van der Waals surface area contributed by atoms with Gasteiger partial charge in [0.05, 0.1) is 5.39 Å². The van der Waals surface area contributed by atoms with Gasteiger partial charge in [0.25, 0.3) is 5.56 Å². The van der Waals surface area contributed by atoms with Gasteiger partial charge < -0.3 is 9.88 Å². The highest BCUT2D eigenvalue weighted by atomic mass is 32.1. The molecule has 0 atom stereocenters. The van der Waals surface area contributed by atoms with Gasteiger partial charge in [-0.25, -0.2) is 14.8 Å². The first kappa shape index (κ1) is 15.4. The van der Waals surface area contributed by atoms with E-state index in [2.05, 4.69) is 34.1 Å². The summed E-state index contributed by atoms with van der Waals surface area (Å²) in [5, 5.41) is 4.38. The third-order valence-corrected chi connectivity index (χ3v) is 4.85. The van der Waals surface area contributed by atoms with Crippen molar-refractivity contribution >= 4 is 27.4 Å². The predicted octanol–water partition coefficient (Wildman–Crippen LogP) is 1.66. The number of aromatic amines is 1. The fraction of sp³-hybridized carbons (Fsp3) is 0.333. The molecule has 0 aromatic carbocycles. The second-order valence-electron chi connectivity index (χ2n) is 5.27. The van der Waals surface area contributed by atoms with E-state index in [0.29, 0.717) is 13.1 Å². The zero-order chi connectivity index (χ0) is 16.4. The summed E-state index contributed by atoms with van der Waals surface area (Å²) in [4.78, 5) is 35.7. The van der Waals surface area contributed by atoms with Gasteiger partial charge in [0, 0.05) is 30.2 Å². The summed E-state index contributed by atoms with van der Waals surface area (Å²) in [6.45, 7) is 5.35. The van der Waals surface area contributed by atoms with Crippen LogP contribution in [-0.2, 0) is 6.54 Å². The van der Waals surface area contributed by atoms with Crippen LogP contribution in [0.2, 0.25) is 0 Å². The fourth-order valence-corrected chi connectivity index (χ4v) is 3.39. The highest BCUT2D eigenvalue weighted by molar-refractivity contribution is 7.18. The summed E-state index contributed by atoms with van der Waals surface area (Å²) in [6, 6.07) is 1.35. The minimum atomic E-state index is -0.383. The lowest BCUT2D eigenvalue weighted by Crippen LogP contribution is -2.29. The maximum absolute atomic E-state index is 11.6. The van der Waals surface area contributed by atoms with E-state index in [-0.39, 0.29) is 11.2 Å². The number of aromatic nitrogens is 4. The zero-order valence-corrected chi connectivity index (χ0v) is 13.7. The Morgan fingerprint density at radius 3 is 2.91 bits per heavy atom. The number of rotatable bonds is 5. The van der Waals surface area contributed by atoms with E-state index in [9.17, 15) is 9.59 Å². The van der Waals surface area contributed by atoms with Crippen LogP contribution in [0.1, 0.15) is 16.9 Å². The molecule has 0 amide bonds. The number of hydrogen-bond donors (Lipinski definition) is 2. The highest BCUT2D eigenvalue weighted by Gasteiger charge is 2.11. The van der Waals surface area contributed by atoms with Crippen LogP contribution in [0.25, 0.3) is 10.2 Å². The zero-order valence-electron chi connectivity index (χ0n) is 12.9. The minimum Gasteiger partial charge on any atom is -0.369 e. The van der Waals surface area contributed by atoms with Crippen LogP contribution in [0, 0.1) is 13.8 Å². The maximum atomic E-state index is 11.6. The average Bonchev–Trinajstić information content (AvgIpc) is 2.81. The fourth-order valence-electron chi connectivity index (χ4n) is 2.39. The highest BCUT2D eigenvalue weighted by Crippen LogP contribution is 2.32. The topological polar surface area (TPSA) is 92.7 Å². The number of hydrogen-bond acceptors (Lipinski definition) is 6. The lowest BCUT2D eigenvalue weighted by atomic mass is 10.2. The van der Waals surface area contributed by atoms with Gasteiger partial charge in [0.15, 0.2) is 0 Å². The molecule has 0 aliphatic carbocycles. The van der Waals surface area contributed by atoms with Gasteiger partial charge in [-0.1, -0.05) is 0 Å². The summed E-state index contributed by atoms with van der Waals surface area (Å²) >= 11 is 1.66. The summed E-state index contributed by atoms with van der Waals surface area (Å²) in [7, 11) is 0. The van der Waals surface area contributed by atoms with Crippen molar-refractivity contribution in [2.24, 2.45) is 0 Å². The molecule has 120 valence electrons. The SMILES string of the molecule is Cc1sc2ncnc(NCCCn3ccc(=O)[nH]c3=O)c2c1C. The molecule has 2 N–H and O–H groups in total. The third-order valence-electron chi connectivity index (χ3n) is 3.73. The second-order valence-corrected chi connectivity index (χ2v) is 6.47. The summed E-state index contributed by atoms with van der Waals surface area (Å²) in [5.74, 6) is 0.825. The molecule has 7 nitrogen and oxygen atoms in total. The van der Waals surface area contributed by atoms with Crippen LogP contribution >= 0.6 is 11.3 Å². The van der Waals surface area contributed by atoms with Crippen LogP contribution in [-0.4, -0.2) is 26.1 Å². The van der Waals surface area contributed by atoms with Crippen LogP contribution in [0.4, 0.5) is 5.82 Å². The summed E-state index contributed by atoms with van der Waals surface area (Å²) < 4.78 is 1.48. The Morgan fingerprint density at radius 1 is 1.30 bits per heavy atom. The molecule has 0 fully saturated rings. The maximum Gasteiger partial charge on any atom is 0.328 e. The normalized spacial score (nSPS) is 11.0. The molecule has 3 rings (SSSR count). The van der Waals surface area contributed by atoms with E-state index in [1.807, 2.05) is 0 Å². The van der Waals surface area contributed by atoms with Gasteiger partial charge in [-0.15, -0.1) is 11.3 Å². The van der Waals surface area contributed by atoms with Gasteiger partial charge in [0.2, 0.25) is 0 Å². The predicted molar refractivity (Wildman–Crippen MR) is 91.3 cm³/mol. The first-order chi connectivity index (χ1) is 11.1. The molecule has 8 heteroatoms. The Balaban J connectivity index is 1.67. The van der Waals surface area contributed by atoms with Crippen molar-refractivity contribution in [1.82, 2.24) is 19.5 Å². The van der Waals surface area contributed by atoms with Gasteiger partial charge in [-0.05, 0) is 25.8 Å². The Hall–Kier alpha value is -2.48. The largest absolute Gasteiger partial charge is 0.369 e. The van der Waals surface area contributed by atoms with Crippen molar-refractivity contribution in [3.05, 3.63) is 49.9 Å². The van der Waals surface area contributed by atoms with E-state index < -0.39 is 0 Å². The number of anilines is 1. The Bertz CT molecular complexity index is 956. The van der Waals surface area contributed by atoms with Crippen molar-refractivity contribution in [1.29, 1.82) is 0 Å². The van der Waals surface area contributed by atoms with Crippen molar-refractivity contribution in [2.75, 3.05) is 11.9 Å². The molecule has 3 aromatic heterocycles. The molecular formula is C15H17N5O2S. The summed E-state index contributed by atoms with van der Waals surface area (Å²) in [6.07, 6.45) is 3.81. The van der Waals surface area contributed by atoms with Crippen molar-refractivity contribution < 1.29 is 0 Å². The van der Waals surface area contributed by atoms with E-state index >= 15 is 0 Å². The molecule has 3 aromatic rings. The van der Waals surface area contributed by atoms with Gasteiger partial charge >= 0.3 is 5.69 Å². The van der Waals surface area contributed by atoms with Crippen molar-refractivity contribution in [3.63, 3.8) is 0 Å². The molecule has 0 unspecified atom stereocenters. The Labute approximate surface area is 136 Å². The van der Waals surface area contributed by atoms with E-state index in [1.54, 1.807) is 17.7 Å². The first-order valence-electron chi connectivity index (χ1n) is 7.30. The number of H-pyrrole nitrogens is 1. The Morgan fingerprint density at radius 2 is 2.13 bits per heavy atom. The van der Waals surface area contributed by atoms with Gasteiger partial charge in [-0.3, -0.25) is 9.78 Å². The average molecular weight is 331 g/mol. The molecule has 0 aliphatic heterocycles. The van der Waals surface area contributed by atoms with Crippen LogP contribution in [0.5, 0.6) is 0 Å². The van der Waals surface area contributed by atoms with Crippen molar-refractivity contribution in [3.8, 4) is 0 Å². The molecule has 0 radical (unpaired) electrons. The smallest absolute Gasteiger partial charge is 0.328 e. The number of nitrogens with zero attached hydrogens (tertiary/aromatic N) is 3. The third kappa shape index (κ3) is 3.16. The molecule has 23 heavy (non-hydrogen) atoms. The summed E-state index contributed by atoms with van der Waals surface area (Å²) in [5.41, 5.74) is 0.437. The monoisotopic (exact) mass is 331 g/mol. The molecule has 0 saturated heterocycles. The number of nitrogens with one attached hydrogen (secondary N) is 2. The number of fused-ring (bicyclic) bond motifs is 1. The quantitative estimate of drug-likeness (QED) is 0.694. The molecule has 0 saturated carbocycles. The first-order valence-corrected chi connectivity index (χ1v) is 8.12. The van der Waals surface area contributed by atoms with E-state index in [4.69, 9.17) is 0 Å². The molecule has 0 aliphatic rings. The molecule has 0 bridgehead atoms. The molecule has 0 spiro atoms. The lowest BCUT2D eigenvalue weighted by molar-refractivity contribution is 0.619. The standard InChI is InChI=1S/C15H17N5O2S/c1-9-10(2)23-14-12(9)13(17-8-18-14)16-5-3-6-20-7-4-11(21)19-15(20)22/h4,7-8H,3,5-6H2,1-2H3,(H,16,17,18)(H,19,21,22). The van der Waals surface area contributed by atoms with Gasteiger partial charge in [0.1, 0.15) is 17.0 Å². The molecule has 3 heterocycles. The van der Waals surface area contributed by atoms with Crippen LogP contribution in [0.15, 0.2) is 28.2 Å². The lowest BCUT2D eigenvalue weighted by Gasteiger charge is -2.08. The van der Waals surface area contributed by atoms with E-state index in [1.165, 1.54) is 27.3 Å². The van der Waals surface area contributed by atoms with E-state index in [0.717, 1.165) is 22.5 Å². The minimum absolute atomic E-state index is 0.379.